The molecule has 0 aliphatic carbocycles. The molecule has 77 valence electrons. The van der Waals surface area contributed by atoms with Gasteiger partial charge in [-0.1, -0.05) is 43.1 Å². The second-order valence-corrected chi connectivity index (χ2v) is 9.56. The van der Waals surface area contributed by atoms with Crippen molar-refractivity contribution in [1.29, 1.82) is 0 Å². The highest BCUT2D eigenvalue weighted by Crippen LogP contribution is 2.04. The normalized spacial score (nSPS) is 11.7. The van der Waals surface area contributed by atoms with E-state index in [1.807, 2.05) is 30.5 Å². The molecule has 15 heavy (non-hydrogen) atoms. The third kappa shape index (κ3) is 2.15. The molecule has 0 atom stereocenters. The van der Waals surface area contributed by atoms with Gasteiger partial charge in [0, 0.05) is 12.3 Å². The molecule has 1 radical (unpaired) electrons. The first-order valence-electron chi connectivity index (χ1n) is 4.97. The molecule has 0 bridgehead atoms. The molecule has 0 saturated carbocycles. The second kappa shape index (κ2) is 3.62. The third-order valence-corrected chi connectivity index (χ3v) is 3.97. The van der Waals surface area contributed by atoms with Crippen molar-refractivity contribution in [3.05, 3.63) is 36.5 Å². The van der Waals surface area contributed by atoms with E-state index in [2.05, 4.69) is 36.0 Å². The lowest BCUT2D eigenvalue weighted by Crippen LogP contribution is -2.38. The van der Waals surface area contributed by atoms with Crippen molar-refractivity contribution in [3.8, 4) is 5.69 Å². The number of aromatic nitrogens is 3. The molecule has 4 heteroatoms. The molecule has 0 fully saturated rings. The summed E-state index contributed by atoms with van der Waals surface area (Å²) in [6.07, 6.45) is 2.01. The smallest absolute Gasteiger partial charge is 0.106 e. The van der Waals surface area contributed by atoms with Gasteiger partial charge in [0.15, 0.2) is 0 Å². The van der Waals surface area contributed by atoms with Gasteiger partial charge in [0.05, 0.1) is 11.0 Å². The molecule has 0 saturated heterocycles. The zero-order valence-electron chi connectivity index (χ0n) is 9.23. The van der Waals surface area contributed by atoms with Gasteiger partial charge in [0.1, 0.15) is 8.07 Å². The zero-order valence-corrected chi connectivity index (χ0v) is 10.2. The van der Waals surface area contributed by atoms with Gasteiger partial charge in [-0.2, -0.15) is 0 Å². The SMILES string of the molecule is C[Si](C)(C)c1cn(-c2[c]cccc2)nn1. The van der Waals surface area contributed by atoms with Crippen LogP contribution in [-0.2, 0) is 0 Å². The summed E-state index contributed by atoms with van der Waals surface area (Å²) in [5, 5.41) is 9.47. The Kier molecular flexibility index (Phi) is 2.44. The van der Waals surface area contributed by atoms with Crippen LogP contribution in [-0.4, -0.2) is 23.1 Å². The van der Waals surface area contributed by atoms with Gasteiger partial charge in [-0.15, -0.1) is 5.10 Å². The van der Waals surface area contributed by atoms with E-state index in [1.165, 1.54) is 0 Å². The molecular weight excluding hydrogens is 202 g/mol. The summed E-state index contributed by atoms with van der Waals surface area (Å²) in [5.74, 6) is 0. The van der Waals surface area contributed by atoms with Gasteiger partial charge in [-0.05, 0) is 6.07 Å². The number of nitrogens with zero attached hydrogens (tertiary/aromatic N) is 3. The Hall–Kier alpha value is -1.42. The van der Waals surface area contributed by atoms with Crippen LogP contribution in [0.4, 0.5) is 0 Å². The zero-order chi connectivity index (χ0) is 10.9. The van der Waals surface area contributed by atoms with E-state index in [1.54, 1.807) is 4.68 Å². The fourth-order valence-electron chi connectivity index (χ4n) is 1.25. The largest absolute Gasteiger partial charge is 0.220 e. The Balaban J connectivity index is 2.37. The van der Waals surface area contributed by atoms with E-state index >= 15 is 0 Å². The van der Waals surface area contributed by atoms with Crippen molar-refractivity contribution in [2.75, 3.05) is 0 Å². The van der Waals surface area contributed by atoms with E-state index in [4.69, 9.17) is 0 Å². The second-order valence-electron chi connectivity index (χ2n) is 4.55. The van der Waals surface area contributed by atoms with Gasteiger partial charge in [-0.3, -0.25) is 0 Å². The summed E-state index contributed by atoms with van der Waals surface area (Å²) in [7, 11) is -1.35. The fraction of sp³-hybridized carbons (Fsp3) is 0.273. The van der Waals surface area contributed by atoms with E-state index in [9.17, 15) is 0 Å². The molecule has 2 aromatic rings. The van der Waals surface area contributed by atoms with E-state index in [-0.39, 0.29) is 0 Å². The monoisotopic (exact) mass is 216 g/mol. The molecule has 2 rings (SSSR count). The van der Waals surface area contributed by atoms with Crippen LogP contribution in [0.15, 0.2) is 30.5 Å². The van der Waals surface area contributed by atoms with Crippen LogP contribution >= 0.6 is 0 Å². The van der Waals surface area contributed by atoms with E-state index in [0.717, 1.165) is 11.0 Å². The molecule has 0 aliphatic heterocycles. The minimum atomic E-state index is -1.35. The maximum atomic E-state index is 4.22. The van der Waals surface area contributed by atoms with Crippen molar-refractivity contribution in [2.45, 2.75) is 19.6 Å². The first-order chi connectivity index (χ1) is 7.07. The highest BCUT2D eigenvalue weighted by molar-refractivity contribution is 6.88. The van der Waals surface area contributed by atoms with E-state index in [0.29, 0.717) is 0 Å². The summed E-state index contributed by atoms with van der Waals surface area (Å²) >= 11 is 0. The van der Waals surface area contributed by atoms with Crippen LogP contribution in [0.25, 0.3) is 5.69 Å². The van der Waals surface area contributed by atoms with Crippen LogP contribution < -0.4 is 5.32 Å². The summed E-state index contributed by atoms with van der Waals surface area (Å²) < 4.78 is 1.79. The molecular formula is C11H14N3Si. The molecule has 1 aromatic heterocycles. The maximum Gasteiger partial charge on any atom is 0.106 e. The van der Waals surface area contributed by atoms with Crippen LogP contribution in [0.3, 0.4) is 0 Å². The average molecular weight is 216 g/mol. The first kappa shape index (κ1) is 10.1. The summed E-state index contributed by atoms with van der Waals surface area (Å²) in [4.78, 5) is 0. The number of rotatable bonds is 2. The molecule has 0 spiro atoms. The minimum absolute atomic E-state index is 0.939. The van der Waals surface area contributed by atoms with Crippen LogP contribution in [0.2, 0.25) is 19.6 Å². The van der Waals surface area contributed by atoms with Crippen LogP contribution in [0.5, 0.6) is 0 Å². The number of hydrogen-bond acceptors (Lipinski definition) is 2. The molecule has 1 heterocycles. The highest BCUT2D eigenvalue weighted by atomic mass is 28.3. The van der Waals surface area contributed by atoms with Crippen molar-refractivity contribution in [3.63, 3.8) is 0 Å². The van der Waals surface area contributed by atoms with Gasteiger partial charge >= 0.3 is 0 Å². The predicted octanol–water partition coefficient (Wildman–Crippen LogP) is 1.61. The minimum Gasteiger partial charge on any atom is -0.220 e. The Labute approximate surface area is 90.8 Å². The molecule has 0 N–H and O–H groups in total. The van der Waals surface area contributed by atoms with Crippen LogP contribution in [0, 0.1) is 6.07 Å². The predicted molar refractivity (Wildman–Crippen MR) is 63.2 cm³/mol. The van der Waals surface area contributed by atoms with Gasteiger partial charge in [0.25, 0.3) is 0 Å². The first-order valence-corrected chi connectivity index (χ1v) is 8.47. The molecule has 0 aliphatic rings. The lowest BCUT2D eigenvalue weighted by molar-refractivity contribution is 0.803. The maximum absolute atomic E-state index is 4.22. The van der Waals surface area contributed by atoms with Crippen molar-refractivity contribution in [2.24, 2.45) is 0 Å². The number of benzene rings is 1. The lowest BCUT2D eigenvalue weighted by atomic mass is 10.3. The summed E-state index contributed by atoms with van der Waals surface area (Å²) in [5.41, 5.74) is 0.939. The lowest BCUT2D eigenvalue weighted by Gasteiger charge is -2.09. The van der Waals surface area contributed by atoms with E-state index < -0.39 is 8.07 Å². The molecule has 0 amide bonds. The number of para-hydroxylation sites is 1. The number of hydrogen-bond donors (Lipinski definition) is 0. The fourth-order valence-corrected chi connectivity index (χ4v) is 2.11. The Bertz CT molecular complexity index is 442. The highest BCUT2D eigenvalue weighted by Gasteiger charge is 2.20. The van der Waals surface area contributed by atoms with Gasteiger partial charge < -0.3 is 0 Å². The standard InChI is InChI=1S/C11H14N3Si/c1-15(2,3)11-9-14(13-12-11)10-7-5-4-6-8-10/h4-7,9H,1-3H3. The van der Waals surface area contributed by atoms with Crippen LogP contribution in [0.1, 0.15) is 0 Å². The van der Waals surface area contributed by atoms with Crippen molar-refractivity contribution < 1.29 is 0 Å². The summed E-state index contributed by atoms with van der Waals surface area (Å²) in [6, 6.07) is 10.9. The Morgan fingerprint density at radius 2 is 2.07 bits per heavy atom. The Morgan fingerprint density at radius 1 is 1.27 bits per heavy atom. The molecule has 3 nitrogen and oxygen atoms in total. The topological polar surface area (TPSA) is 30.7 Å². The van der Waals surface area contributed by atoms with Gasteiger partial charge in [0.2, 0.25) is 0 Å². The van der Waals surface area contributed by atoms with Gasteiger partial charge in [-0.25, -0.2) is 4.68 Å². The average Bonchev–Trinajstić information content (AvgIpc) is 2.67. The summed E-state index contributed by atoms with van der Waals surface area (Å²) in [6.45, 7) is 6.78. The van der Waals surface area contributed by atoms with Crippen molar-refractivity contribution in [1.82, 2.24) is 15.0 Å². The Morgan fingerprint density at radius 3 is 2.60 bits per heavy atom. The molecule has 0 unspecified atom stereocenters. The quantitative estimate of drug-likeness (QED) is 0.714. The third-order valence-electron chi connectivity index (χ3n) is 2.20. The van der Waals surface area contributed by atoms with Crippen molar-refractivity contribution >= 4 is 13.4 Å². The molecule has 1 aromatic carbocycles.